The van der Waals surface area contributed by atoms with Gasteiger partial charge in [0.1, 0.15) is 0 Å². The van der Waals surface area contributed by atoms with Gasteiger partial charge in [0.25, 0.3) is 0 Å². The number of piperazine rings is 1. The number of anilines is 1. The Morgan fingerprint density at radius 1 is 1.16 bits per heavy atom. The Bertz CT molecular complexity index is 1040. The number of fused-ring (bicyclic) bond motifs is 1. The van der Waals surface area contributed by atoms with Crippen molar-refractivity contribution >= 4 is 46.1 Å². The molecular weight excluding hydrogens is 490 g/mol. The van der Waals surface area contributed by atoms with Crippen LogP contribution in [0.2, 0.25) is 0 Å². The molecule has 0 bridgehead atoms. The van der Waals surface area contributed by atoms with Crippen molar-refractivity contribution in [3.8, 4) is 0 Å². The Balaban J connectivity index is 1.21. The van der Waals surface area contributed by atoms with E-state index in [2.05, 4.69) is 65.2 Å². The number of carbonyl (C=O) groups is 2. The van der Waals surface area contributed by atoms with Crippen LogP contribution in [0.15, 0.2) is 41.1 Å². The molecule has 1 aromatic carbocycles. The predicted molar refractivity (Wildman–Crippen MR) is 129 cm³/mol. The maximum absolute atomic E-state index is 12.3. The van der Waals surface area contributed by atoms with Crippen molar-refractivity contribution < 1.29 is 9.59 Å². The number of hydrogen-bond acceptors (Lipinski definition) is 7. The van der Waals surface area contributed by atoms with Crippen LogP contribution in [0.5, 0.6) is 0 Å². The number of nitrogens with one attached hydrogen (secondary N) is 1. The molecule has 2 unspecified atom stereocenters. The number of halogens is 1. The largest absolute Gasteiger partial charge is 0.368 e. The van der Waals surface area contributed by atoms with Crippen molar-refractivity contribution in [2.75, 3.05) is 31.1 Å². The van der Waals surface area contributed by atoms with Crippen LogP contribution in [0.1, 0.15) is 34.9 Å². The lowest BCUT2D eigenvalue weighted by Gasteiger charge is -2.36. The van der Waals surface area contributed by atoms with E-state index in [1.807, 2.05) is 12.4 Å². The number of nitrogens with zero attached hydrogens (tertiary/aromatic N) is 4. The molecule has 1 aromatic heterocycles. The summed E-state index contributed by atoms with van der Waals surface area (Å²) in [6.45, 7) is 5.57. The molecule has 0 spiro atoms. The second-order valence-corrected chi connectivity index (χ2v) is 9.98. The number of piperidine rings is 1. The summed E-state index contributed by atoms with van der Waals surface area (Å²) in [6.07, 6.45) is 4.63. The Kier molecular flexibility index (Phi) is 6.24. The average molecular weight is 516 g/mol. The Morgan fingerprint density at radius 3 is 2.72 bits per heavy atom. The van der Waals surface area contributed by atoms with Gasteiger partial charge in [-0.25, -0.2) is 0 Å². The molecule has 2 atom stereocenters. The topological polar surface area (TPSA) is 68.8 Å². The normalized spacial score (nSPS) is 24.5. The lowest BCUT2D eigenvalue weighted by atomic mass is 10.0. The first-order chi connectivity index (χ1) is 15.5. The van der Waals surface area contributed by atoms with Crippen LogP contribution >= 0.6 is 28.6 Å². The van der Waals surface area contributed by atoms with Crippen molar-refractivity contribution in [2.45, 2.75) is 37.3 Å². The van der Waals surface area contributed by atoms with Gasteiger partial charge in [-0.2, -0.15) is 12.6 Å². The predicted octanol–water partition coefficient (Wildman–Crippen LogP) is 2.72. The number of aromatic nitrogens is 1. The molecular formula is C23H26BrN5O2S. The van der Waals surface area contributed by atoms with Gasteiger partial charge < -0.3 is 4.90 Å². The zero-order valence-corrected chi connectivity index (χ0v) is 20.2. The van der Waals surface area contributed by atoms with Gasteiger partial charge in [-0.15, -0.1) is 0 Å². The Hall–Kier alpha value is -1.94. The average Bonchev–Trinajstić information content (AvgIpc) is 3.10. The molecule has 0 saturated carbocycles. The number of hydrogen-bond donors (Lipinski definition) is 2. The summed E-state index contributed by atoms with van der Waals surface area (Å²) >= 11 is 8.40. The molecule has 2 fully saturated rings. The molecule has 4 heterocycles. The zero-order chi connectivity index (χ0) is 22.2. The maximum Gasteiger partial charge on any atom is 0.243 e. The van der Waals surface area contributed by atoms with Gasteiger partial charge in [0.15, 0.2) is 0 Å². The minimum absolute atomic E-state index is 0.120. The van der Waals surface area contributed by atoms with Crippen molar-refractivity contribution in [3.63, 3.8) is 0 Å². The molecule has 2 saturated heterocycles. The third-order valence-corrected chi connectivity index (χ3v) is 7.82. The number of thiol groups is 1. The lowest BCUT2D eigenvalue weighted by Crippen LogP contribution is -2.51. The fourth-order valence-electron chi connectivity index (χ4n) is 4.92. The Labute approximate surface area is 201 Å². The summed E-state index contributed by atoms with van der Waals surface area (Å²) in [4.78, 5) is 35.0. The van der Waals surface area contributed by atoms with Gasteiger partial charge in [-0.3, -0.25) is 29.7 Å². The SMILES string of the molecule is O=C1CCC(N2Cc3cc(CN4CCN(c5ccncc5Br)CC4)ccc3C2S)C(=O)N1. The molecule has 32 heavy (non-hydrogen) atoms. The van der Waals surface area contributed by atoms with Gasteiger partial charge in [0.05, 0.1) is 21.6 Å². The number of pyridine rings is 1. The molecule has 3 aliphatic heterocycles. The molecule has 3 aliphatic rings. The highest BCUT2D eigenvalue weighted by atomic mass is 79.9. The van der Waals surface area contributed by atoms with E-state index in [4.69, 9.17) is 12.6 Å². The molecule has 1 N–H and O–H groups in total. The van der Waals surface area contributed by atoms with Gasteiger partial charge in [-0.1, -0.05) is 18.2 Å². The lowest BCUT2D eigenvalue weighted by molar-refractivity contribution is -0.137. The Morgan fingerprint density at radius 2 is 1.97 bits per heavy atom. The fourth-order valence-corrected chi connectivity index (χ4v) is 5.91. The first kappa shape index (κ1) is 21.9. The van der Waals surface area contributed by atoms with Crippen LogP contribution in [0, 0.1) is 0 Å². The summed E-state index contributed by atoms with van der Waals surface area (Å²) in [5, 5.41) is 2.35. The van der Waals surface area contributed by atoms with Crippen molar-refractivity contribution in [1.82, 2.24) is 20.1 Å². The monoisotopic (exact) mass is 515 g/mol. The maximum atomic E-state index is 12.3. The molecule has 0 radical (unpaired) electrons. The standard InChI is InChI=1S/C23H26BrN5O2S/c24-18-12-25-6-5-19(18)28-9-7-27(8-10-28)13-15-1-2-17-16(11-15)14-29(23(17)32)20-3-4-21(30)26-22(20)31/h1-2,5-6,11-12,20,23,32H,3-4,7-10,13-14H2,(H,26,30,31). The van der Waals surface area contributed by atoms with E-state index >= 15 is 0 Å². The van der Waals surface area contributed by atoms with E-state index in [1.165, 1.54) is 16.8 Å². The first-order valence-corrected chi connectivity index (χ1v) is 12.3. The van der Waals surface area contributed by atoms with Crippen LogP contribution in [0.25, 0.3) is 0 Å². The molecule has 0 aliphatic carbocycles. The summed E-state index contributed by atoms with van der Waals surface area (Å²) in [5.74, 6) is -0.385. The summed E-state index contributed by atoms with van der Waals surface area (Å²) in [5.41, 5.74) is 4.87. The molecule has 168 valence electrons. The zero-order valence-electron chi connectivity index (χ0n) is 17.7. The van der Waals surface area contributed by atoms with E-state index in [0.717, 1.165) is 42.8 Å². The molecule has 5 rings (SSSR count). The van der Waals surface area contributed by atoms with E-state index in [0.29, 0.717) is 19.4 Å². The quantitative estimate of drug-likeness (QED) is 0.482. The van der Waals surface area contributed by atoms with Crippen molar-refractivity contribution in [2.24, 2.45) is 0 Å². The number of carbonyl (C=O) groups excluding carboxylic acids is 2. The van der Waals surface area contributed by atoms with Gasteiger partial charge in [0.2, 0.25) is 11.8 Å². The summed E-state index contributed by atoms with van der Waals surface area (Å²) in [7, 11) is 0. The minimum atomic E-state index is -0.299. The number of rotatable bonds is 4. The highest BCUT2D eigenvalue weighted by molar-refractivity contribution is 9.10. The third-order valence-electron chi connectivity index (χ3n) is 6.63. The second-order valence-electron chi connectivity index (χ2n) is 8.64. The second kappa shape index (κ2) is 9.13. The smallest absolute Gasteiger partial charge is 0.243 e. The van der Waals surface area contributed by atoms with Crippen LogP contribution in [-0.2, 0) is 22.7 Å². The highest BCUT2D eigenvalue weighted by Gasteiger charge is 2.39. The van der Waals surface area contributed by atoms with Crippen LogP contribution in [0.4, 0.5) is 5.69 Å². The van der Waals surface area contributed by atoms with Gasteiger partial charge >= 0.3 is 0 Å². The fraction of sp³-hybridized carbons (Fsp3) is 0.435. The van der Waals surface area contributed by atoms with E-state index < -0.39 is 0 Å². The molecule has 7 nitrogen and oxygen atoms in total. The van der Waals surface area contributed by atoms with E-state index in [1.54, 1.807) is 0 Å². The van der Waals surface area contributed by atoms with Crippen LogP contribution in [0.3, 0.4) is 0 Å². The molecule has 9 heteroatoms. The number of imide groups is 1. The highest BCUT2D eigenvalue weighted by Crippen LogP contribution is 2.39. The van der Waals surface area contributed by atoms with E-state index in [9.17, 15) is 9.59 Å². The van der Waals surface area contributed by atoms with Crippen molar-refractivity contribution in [3.05, 3.63) is 57.8 Å². The summed E-state index contributed by atoms with van der Waals surface area (Å²) in [6, 6.07) is 8.35. The molecule has 2 amide bonds. The minimum Gasteiger partial charge on any atom is -0.368 e. The number of benzene rings is 1. The van der Waals surface area contributed by atoms with Gasteiger partial charge in [0, 0.05) is 58.1 Å². The van der Waals surface area contributed by atoms with Crippen LogP contribution < -0.4 is 10.2 Å². The van der Waals surface area contributed by atoms with Crippen molar-refractivity contribution in [1.29, 1.82) is 0 Å². The number of amides is 2. The van der Waals surface area contributed by atoms with Crippen LogP contribution in [-0.4, -0.2) is 58.8 Å². The molecule has 2 aromatic rings. The summed E-state index contributed by atoms with van der Waals surface area (Å²) < 4.78 is 1.04. The van der Waals surface area contributed by atoms with E-state index in [-0.39, 0.29) is 23.2 Å². The first-order valence-electron chi connectivity index (χ1n) is 11.0. The van der Waals surface area contributed by atoms with Gasteiger partial charge in [-0.05, 0) is 45.1 Å². The third kappa shape index (κ3) is 4.31.